The highest BCUT2D eigenvalue weighted by Crippen LogP contribution is 2.32. The van der Waals surface area contributed by atoms with Crippen LogP contribution in [-0.2, 0) is 13.0 Å². The SMILES string of the molecule is CCc1nc(=N)n(Cc2ccc(OC)c(OC3CCCC3)c2)c2nc[nH]c12. The Balaban J connectivity index is 1.68. The normalized spacial score (nSPS) is 14.7. The summed E-state index contributed by atoms with van der Waals surface area (Å²) >= 11 is 0. The van der Waals surface area contributed by atoms with E-state index in [1.165, 1.54) is 12.8 Å². The molecule has 1 aliphatic carbocycles. The summed E-state index contributed by atoms with van der Waals surface area (Å²) in [7, 11) is 1.66. The van der Waals surface area contributed by atoms with Crippen molar-refractivity contribution in [2.24, 2.45) is 0 Å². The van der Waals surface area contributed by atoms with Crippen LogP contribution < -0.4 is 15.1 Å². The molecular formula is C20H25N5O2. The molecule has 142 valence electrons. The number of fused-ring (bicyclic) bond motifs is 1. The Labute approximate surface area is 157 Å². The second-order valence-electron chi connectivity index (χ2n) is 6.93. The van der Waals surface area contributed by atoms with E-state index >= 15 is 0 Å². The Morgan fingerprint density at radius 3 is 2.81 bits per heavy atom. The van der Waals surface area contributed by atoms with Crippen LogP contribution in [0.3, 0.4) is 0 Å². The van der Waals surface area contributed by atoms with Crippen LogP contribution >= 0.6 is 0 Å². The summed E-state index contributed by atoms with van der Waals surface area (Å²) in [6.07, 6.45) is 7.30. The molecule has 2 heterocycles. The quantitative estimate of drug-likeness (QED) is 0.700. The van der Waals surface area contributed by atoms with Gasteiger partial charge in [0, 0.05) is 0 Å². The van der Waals surface area contributed by atoms with Crippen LogP contribution in [0.4, 0.5) is 0 Å². The molecule has 0 amide bonds. The van der Waals surface area contributed by atoms with Gasteiger partial charge in [-0.05, 0) is 49.8 Å². The van der Waals surface area contributed by atoms with Gasteiger partial charge >= 0.3 is 0 Å². The number of rotatable bonds is 6. The third-order valence-electron chi connectivity index (χ3n) is 5.16. The molecule has 2 N–H and O–H groups in total. The van der Waals surface area contributed by atoms with Crippen LogP contribution in [0, 0.1) is 5.41 Å². The van der Waals surface area contributed by atoms with E-state index in [2.05, 4.69) is 15.0 Å². The first-order valence-electron chi connectivity index (χ1n) is 9.50. The molecule has 7 nitrogen and oxygen atoms in total. The standard InChI is InChI=1S/C20H25N5O2/c1-3-15-18-19(23-12-22-18)25(20(21)24-15)11-13-8-9-16(26-2)17(10-13)27-14-6-4-5-7-14/h8-10,12,14,21H,3-7,11H2,1-2H3,(H,22,23). The maximum absolute atomic E-state index is 8.34. The number of aryl methyl sites for hydroxylation is 1. The van der Waals surface area contributed by atoms with Gasteiger partial charge in [-0.15, -0.1) is 0 Å². The van der Waals surface area contributed by atoms with Gasteiger partial charge in [-0.1, -0.05) is 13.0 Å². The van der Waals surface area contributed by atoms with Crippen LogP contribution in [0.15, 0.2) is 24.5 Å². The highest BCUT2D eigenvalue weighted by Gasteiger charge is 2.19. The van der Waals surface area contributed by atoms with Gasteiger partial charge in [0.25, 0.3) is 0 Å². The second-order valence-corrected chi connectivity index (χ2v) is 6.93. The molecule has 0 unspecified atom stereocenters. The molecule has 0 atom stereocenters. The zero-order chi connectivity index (χ0) is 18.8. The molecule has 1 fully saturated rings. The summed E-state index contributed by atoms with van der Waals surface area (Å²) < 4.78 is 13.5. The predicted octanol–water partition coefficient (Wildman–Crippen LogP) is 3.18. The zero-order valence-electron chi connectivity index (χ0n) is 15.8. The lowest BCUT2D eigenvalue weighted by Gasteiger charge is -2.17. The Morgan fingerprint density at radius 2 is 2.07 bits per heavy atom. The van der Waals surface area contributed by atoms with E-state index in [1.54, 1.807) is 13.4 Å². The number of ether oxygens (including phenoxy) is 2. The molecule has 0 spiro atoms. The first-order valence-corrected chi connectivity index (χ1v) is 9.50. The molecule has 1 aliphatic rings. The van der Waals surface area contributed by atoms with E-state index in [-0.39, 0.29) is 11.7 Å². The van der Waals surface area contributed by atoms with Crippen molar-refractivity contribution in [3.63, 3.8) is 0 Å². The summed E-state index contributed by atoms with van der Waals surface area (Å²) in [5.74, 6) is 1.51. The molecule has 2 aromatic heterocycles. The molecule has 0 radical (unpaired) electrons. The van der Waals surface area contributed by atoms with Crippen LogP contribution in [0.2, 0.25) is 0 Å². The highest BCUT2D eigenvalue weighted by molar-refractivity contribution is 5.72. The first-order chi connectivity index (χ1) is 13.2. The lowest BCUT2D eigenvalue weighted by molar-refractivity contribution is 0.200. The van der Waals surface area contributed by atoms with E-state index in [1.807, 2.05) is 29.7 Å². The van der Waals surface area contributed by atoms with Crippen LogP contribution in [0.5, 0.6) is 11.5 Å². The Morgan fingerprint density at radius 1 is 1.26 bits per heavy atom. The van der Waals surface area contributed by atoms with E-state index < -0.39 is 0 Å². The van der Waals surface area contributed by atoms with Crippen LogP contribution in [0.1, 0.15) is 43.9 Å². The Bertz CT molecular complexity index is 1000. The smallest absolute Gasteiger partial charge is 0.224 e. The van der Waals surface area contributed by atoms with E-state index in [9.17, 15) is 0 Å². The maximum Gasteiger partial charge on any atom is 0.224 e. The maximum atomic E-state index is 8.34. The van der Waals surface area contributed by atoms with Crippen LogP contribution in [0.25, 0.3) is 11.2 Å². The van der Waals surface area contributed by atoms with Gasteiger partial charge in [-0.25, -0.2) is 9.97 Å². The van der Waals surface area contributed by atoms with Crippen molar-refractivity contribution in [1.82, 2.24) is 19.5 Å². The Kier molecular flexibility index (Phi) is 4.83. The van der Waals surface area contributed by atoms with E-state index in [0.29, 0.717) is 6.54 Å². The second kappa shape index (κ2) is 7.42. The first kappa shape index (κ1) is 17.6. The molecular weight excluding hydrogens is 342 g/mol. The number of nitrogens with zero attached hydrogens (tertiary/aromatic N) is 3. The highest BCUT2D eigenvalue weighted by atomic mass is 16.5. The summed E-state index contributed by atoms with van der Waals surface area (Å²) in [6, 6.07) is 5.94. The minimum Gasteiger partial charge on any atom is -0.493 e. The minimum atomic E-state index is 0.209. The fourth-order valence-corrected chi connectivity index (χ4v) is 3.73. The number of nitrogens with one attached hydrogen (secondary N) is 2. The zero-order valence-corrected chi connectivity index (χ0v) is 15.8. The lowest BCUT2D eigenvalue weighted by atomic mass is 10.2. The average molecular weight is 367 g/mol. The summed E-state index contributed by atoms with van der Waals surface area (Å²) in [4.78, 5) is 12.0. The molecule has 1 saturated carbocycles. The van der Waals surface area contributed by atoms with Crippen molar-refractivity contribution < 1.29 is 9.47 Å². The summed E-state index contributed by atoms with van der Waals surface area (Å²) in [5.41, 5.74) is 3.74. The monoisotopic (exact) mass is 367 g/mol. The number of methoxy groups -OCH3 is 1. The molecule has 4 rings (SSSR count). The predicted molar refractivity (Wildman–Crippen MR) is 102 cm³/mol. The number of aromatic amines is 1. The van der Waals surface area contributed by atoms with Crippen molar-refractivity contribution in [3.05, 3.63) is 41.4 Å². The third kappa shape index (κ3) is 3.41. The molecule has 0 saturated heterocycles. The number of H-pyrrole nitrogens is 1. The number of benzene rings is 1. The fourth-order valence-electron chi connectivity index (χ4n) is 3.73. The van der Waals surface area contributed by atoms with Gasteiger partial charge in [-0.3, -0.25) is 9.98 Å². The third-order valence-corrected chi connectivity index (χ3v) is 5.16. The molecule has 7 heteroatoms. The van der Waals surface area contributed by atoms with Gasteiger partial charge in [0.05, 0.1) is 31.8 Å². The average Bonchev–Trinajstić information content (AvgIpc) is 3.36. The Hall–Kier alpha value is -2.83. The van der Waals surface area contributed by atoms with Crippen LogP contribution in [-0.4, -0.2) is 32.7 Å². The fraction of sp³-hybridized carbons (Fsp3) is 0.450. The van der Waals surface area contributed by atoms with Gasteiger partial charge in [-0.2, -0.15) is 0 Å². The minimum absolute atomic E-state index is 0.209. The topological polar surface area (TPSA) is 88.8 Å². The molecule has 0 aliphatic heterocycles. The lowest BCUT2D eigenvalue weighted by Crippen LogP contribution is -2.25. The van der Waals surface area contributed by atoms with Crippen molar-refractivity contribution in [3.8, 4) is 11.5 Å². The van der Waals surface area contributed by atoms with E-state index in [0.717, 1.165) is 53.2 Å². The number of aromatic nitrogens is 4. The van der Waals surface area contributed by atoms with Crippen molar-refractivity contribution >= 4 is 11.2 Å². The van der Waals surface area contributed by atoms with Crippen molar-refractivity contribution in [2.75, 3.05) is 7.11 Å². The van der Waals surface area contributed by atoms with Crippen molar-refractivity contribution in [2.45, 2.75) is 51.7 Å². The molecule has 3 aromatic rings. The summed E-state index contributed by atoms with van der Waals surface area (Å²) in [5, 5.41) is 8.34. The van der Waals surface area contributed by atoms with E-state index in [4.69, 9.17) is 14.9 Å². The van der Waals surface area contributed by atoms with Gasteiger partial charge in [0.15, 0.2) is 17.1 Å². The van der Waals surface area contributed by atoms with Gasteiger partial charge in [0.1, 0.15) is 5.52 Å². The molecule has 27 heavy (non-hydrogen) atoms. The van der Waals surface area contributed by atoms with Crippen molar-refractivity contribution in [1.29, 1.82) is 5.41 Å². The molecule has 1 aromatic carbocycles. The van der Waals surface area contributed by atoms with Gasteiger partial charge in [0.2, 0.25) is 5.62 Å². The number of imidazole rings is 1. The number of hydrogen-bond donors (Lipinski definition) is 2. The largest absolute Gasteiger partial charge is 0.493 e. The van der Waals surface area contributed by atoms with Gasteiger partial charge < -0.3 is 14.5 Å². The summed E-state index contributed by atoms with van der Waals surface area (Å²) in [6.45, 7) is 2.53. The molecule has 0 bridgehead atoms. The number of hydrogen-bond acceptors (Lipinski definition) is 5.